The molecule has 2 aliphatic rings. The molecule has 2 rings (SSSR count). The van der Waals surface area contributed by atoms with Crippen LogP contribution < -0.4 is 11.1 Å². The number of nitrogens with one attached hydrogen (secondary N) is 1. The van der Waals surface area contributed by atoms with Crippen LogP contribution in [0.2, 0.25) is 0 Å². The van der Waals surface area contributed by atoms with E-state index in [1.54, 1.807) is 6.92 Å². The lowest BCUT2D eigenvalue weighted by Gasteiger charge is -2.38. The van der Waals surface area contributed by atoms with E-state index in [-0.39, 0.29) is 16.9 Å². The van der Waals surface area contributed by atoms with E-state index in [4.69, 9.17) is 10.5 Å². The Balaban J connectivity index is 2.02. The fourth-order valence-corrected chi connectivity index (χ4v) is 3.82. The van der Waals surface area contributed by atoms with Crippen LogP contribution in [-0.4, -0.2) is 24.1 Å². The van der Waals surface area contributed by atoms with E-state index in [1.165, 1.54) is 6.42 Å². The van der Waals surface area contributed by atoms with Crippen molar-refractivity contribution in [3.63, 3.8) is 0 Å². The molecule has 2 bridgehead atoms. The Bertz CT molecular complexity index is 407. The van der Waals surface area contributed by atoms with E-state index < -0.39 is 18.0 Å². The number of urea groups is 1. The summed E-state index contributed by atoms with van der Waals surface area (Å²) in [5.74, 6) is 0.225. The number of hydrogen-bond donors (Lipinski definition) is 2. The maximum Gasteiger partial charge on any atom is 0.328 e. The van der Waals surface area contributed by atoms with Crippen molar-refractivity contribution in [2.75, 3.05) is 0 Å². The summed E-state index contributed by atoms with van der Waals surface area (Å²) in [7, 11) is 0. The van der Waals surface area contributed by atoms with Crippen molar-refractivity contribution in [1.82, 2.24) is 5.32 Å². The minimum Gasteiger partial charge on any atom is -0.460 e. The molecule has 5 heteroatoms. The van der Waals surface area contributed by atoms with Crippen LogP contribution in [0, 0.1) is 16.7 Å². The van der Waals surface area contributed by atoms with Crippen molar-refractivity contribution in [3.8, 4) is 0 Å². The molecule has 2 amide bonds. The predicted molar refractivity (Wildman–Crippen MR) is 71.3 cm³/mol. The summed E-state index contributed by atoms with van der Waals surface area (Å²) in [6.45, 7) is 8.34. The highest BCUT2D eigenvalue weighted by Crippen LogP contribution is 2.66. The van der Waals surface area contributed by atoms with Gasteiger partial charge in [0.25, 0.3) is 0 Å². The van der Waals surface area contributed by atoms with Crippen molar-refractivity contribution in [3.05, 3.63) is 0 Å². The number of esters is 1. The molecule has 5 nitrogen and oxygen atoms in total. The number of ether oxygens (including phenoxy) is 1. The van der Waals surface area contributed by atoms with Crippen molar-refractivity contribution < 1.29 is 14.3 Å². The Morgan fingerprint density at radius 3 is 2.42 bits per heavy atom. The fraction of sp³-hybridized carbons (Fsp3) is 0.857. The minimum absolute atomic E-state index is 0.0414. The molecule has 0 aromatic carbocycles. The lowest BCUT2D eigenvalue weighted by Crippen LogP contribution is -2.46. The van der Waals surface area contributed by atoms with Gasteiger partial charge in [-0.25, -0.2) is 9.59 Å². The molecule has 0 spiro atoms. The largest absolute Gasteiger partial charge is 0.460 e. The molecule has 4 unspecified atom stereocenters. The van der Waals surface area contributed by atoms with E-state index in [9.17, 15) is 9.59 Å². The molecular formula is C14H24N2O3. The number of primary amides is 1. The first-order valence-electron chi connectivity index (χ1n) is 6.95. The molecule has 2 saturated carbocycles. The molecule has 3 N–H and O–H groups in total. The molecule has 108 valence electrons. The zero-order valence-corrected chi connectivity index (χ0v) is 12.2. The topological polar surface area (TPSA) is 81.4 Å². The Hall–Kier alpha value is -1.26. The smallest absolute Gasteiger partial charge is 0.328 e. The van der Waals surface area contributed by atoms with Gasteiger partial charge in [-0.15, -0.1) is 0 Å². The van der Waals surface area contributed by atoms with Crippen molar-refractivity contribution in [2.24, 2.45) is 22.5 Å². The second-order valence-corrected chi connectivity index (χ2v) is 6.77. The summed E-state index contributed by atoms with van der Waals surface area (Å²) in [6.07, 6.45) is 3.19. The first kappa shape index (κ1) is 14.2. The monoisotopic (exact) mass is 268 g/mol. The summed E-state index contributed by atoms with van der Waals surface area (Å²) in [4.78, 5) is 22.7. The molecular weight excluding hydrogens is 244 g/mol. The van der Waals surface area contributed by atoms with Crippen LogP contribution in [0.25, 0.3) is 0 Å². The van der Waals surface area contributed by atoms with Gasteiger partial charge in [0.1, 0.15) is 12.1 Å². The summed E-state index contributed by atoms with van der Waals surface area (Å²) >= 11 is 0. The first-order chi connectivity index (χ1) is 8.68. The lowest BCUT2D eigenvalue weighted by atomic mass is 9.70. The maximum absolute atomic E-state index is 12.0. The van der Waals surface area contributed by atoms with Gasteiger partial charge >= 0.3 is 12.0 Å². The van der Waals surface area contributed by atoms with Crippen molar-refractivity contribution in [2.45, 2.75) is 59.1 Å². The lowest BCUT2D eigenvalue weighted by molar-refractivity contribution is -0.158. The van der Waals surface area contributed by atoms with E-state index in [0.717, 1.165) is 12.8 Å². The normalized spacial score (nSPS) is 36.8. The van der Waals surface area contributed by atoms with Crippen LogP contribution >= 0.6 is 0 Å². The van der Waals surface area contributed by atoms with Gasteiger partial charge in [0, 0.05) is 5.41 Å². The SMILES string of the molecule is CC(NC(N)=O)C(=O)OC1CC2CCC1(C)C2(C)C. The number of amides is 2. The first-order valence-corrected chi connectivity index (χ1v) is 6.95. The number of fused-ring (bicyclic) bond motifs is 2. The Morgan fingerprint density at radius 1 is 1.37 bits per heavy atom. The van der Waals surface area contributed by atoms with Crippen LogP contribution in [0.1, 0.15) is 47.0 Å². The highest BCUT2D eigenvalue weighted by atomic mass is 16.5. The average molecular weight is 268 g/mol. The number of carbonyl (C=O) groups is 2. The van der Waals surface area contributed by atoms with E-state index in [0.29, 0.717) is 5.92 Å². The summed E-state index contributed by atoms with van der Waals surface area (Å²) in [5, 5.41) is 2.36. The highest BCUT2D eigenvalue weighted by molar-refractivity contribution is 5.82. The minimum atomic E-state index is -0.705. The third-order valence-corrected chi connectivity index (χ3v) is 5.68. The summed E-state index contributed by atoms with van der Waals surface area (Å²) in [5.41, 5.74) is 5.26. The van der Waals surface area contributed by atoms with Gasteiger partial charge in [-0.1, -0.05) is 20.8 Å². The van der Waals surface area contributed by atoms with E-state index >= 15 is 0 Å². The predicted octanol–water partition coefficient (Wildman–Crippen LogP) is 1.80. The van der Waals surface area contributed by atoms with Gasteiger partial charge in [0.2, 0.25) is 0 Å². The Kier molecular flexibility index (Phi) is 3.27. The Labute approximate surface area is 114 Å². The third kappa shape index (κ3) is 2.09. The number of rotatable bonds is 3. The molecule has 0 heterocycles. The van der Waals surface area contributed by atoms with Crippen LogP contribution in [0.4, 0.5) is 4.79 Å². The Morgan fingerprint density at radius 2 is 2.00 bits per heavy atom. The van der Waals surface area contributed by atoms with Gasteiger partial charge in [0.15, 0.2) is 0 Å². The zero-order valence-electron chi connectivity index (χ0n) is 12.2. The standard InChI is InChI=1S/C14H24N2O3/c1-8(16-12(15)18)11(17)19-10-7-9-5-6-14(10,4)13(9,2)3/h8-10H,5-7H2,1-4H3,(H3,15,16,18). The molecule has 4 atom stereocenters. The molecule has 0 aliphatic heterocycles. The number of hydrogen-bond acceptors (Lipinski definition) is 3. The fourth-order valence-electron chi connectivity index (χ4n) is 3.82. The molecule has 0 aromatic heterocycles. The van der Waals surface area contributed by atoms with Crippen LogP contribution in [0.15, 0.2) is 0 Å². The van der Waals surface area contributed by atoms with Gasteiger partial charge < -0.3 is 15.8 Å². The van der Waals surface area contributed by atoms with E-state index in [2.05, 4.69) is 26.1 Å². The van der Waals surface area contributed by atoms with Gasteiger partial charge in [0.05, 0.1) is 0 Å². The number of nitrogens with two attached hydrogens (primary N) is 1. The quantitative estimate of drug-likeness (QED) is 0.766. The molecule has 2 aliphatic carbocycles. The molecule has 2 fully saturated rings. The molecule has 19 heavy (non-hydrogen) atoms. The van der Waals surface area contributed by atoms with Gasteiger partial charge in [-0.05, 0) is 37.5 Å². The van der Waals surface area contributed by atoms with Gasteiger partial charge in [-0.2, -0.15) is 0 Å². The number of carbonyl (C=O) groups excluding carboxylic acids is 2. The van der Waals surface area contributed by atoms with Crippen LogP contribution in [-0.2, 0) is 9.53 Å². The summed E-state index contributed by atoms with van der Waals surface area (Å²) in [6, 6.07) is -1.40. The van der Waals surface area contributed by atoms with Gasteiger partial charge in [-0.3, -0.25) is 0 Å². The van der Waals surface area contributed by atoms with Crippen molar-refractivity contribution in [1.29, 1.82) is 0 Å². The van der Waals surface area contributed by atoms with E-state index in [1.807, 2.05) is 0 Å². The average Bonchev–Trinajstić information content (AvgIpc) is 2.61. The third-order valence-electron chi connectivity index (χ3n) is 5.68. The molecule has 0 radical (unpaired) electrons. The second-order valence-electron chi connectivity index (χ2n) is 6.77. The highest BCUT2D eigenvalue weighted by Gasteiger charge is 2.62. The zero-order chi connectivity index (χ0) is 14.4. The second kappa shape index (κ2) is 4.39. The van der Waals surface area contributed by atoms with Crippen molar-refractivity contribution >= 4 is 12.0 Å². The molecule has 0 saturated heterocycles. The summed E-state index contributed by atoms with van der Waals surface area (Å²) < 4.78 is 5.64. The van der Waals surface area contributed by atoms with Crippen LogP contribution in [0.5, 0.6) is 0 Å². The maximum atomic E-state index is 12.0. The van der Waals surface area contributed by atoms with Crippen LogP contribution in [0.3, 0.4) is 0 Å². The molecule has 0 aromatic rings.